The molecule has 1 N–H and O–H groups in total. The molecule has 1 aromatic carbocycles. The van der Waals surface area contributed by atoms with Crippen molar-refractivity contribution in [2.24, 2.45) is 0 Å². The summed E-state index contributed by atoms with van der Waals surface area (Å²) < 4.78 is 11.2. The number of nitrogens with one attached hydrogen (secondary N) is 1. The van der Waals surface area contributed by atoms with E-state index in [9.17, 15) is 0 Å². The van der Waals surface area contributed by atoms with Crippen LogP contribution in [0.4, 0.5) is 0 Å². The standard InChI is InChI=1S/C15H20N2O2S/c1-4-16-8-12-5-6-14(18-3)7-15(12)19-9-13-10-20-11(2)17-13/h5-7,10,16H,4,8-9H2,1-3H3. The number of aryl methyl sites for hydroxylation is 1. The summed E-state index contributed by atoms with van der Waals surface area (Å²) in [6, 6.07) is 5.90. The maximum Gasteiger partial charge on any atom is 0.131 e. The molecule has 0 aliphatic heterocycles. The van der Waals surface area contributed by atoms with Crippen molar-refractivity contribution in [2.75, 3.05) is 13.7 Å². The number of rotatable bonds is 7. The van der Waals surface area contributed by atoms with Crippen LogP contribution in [0.1, 0.15) is 23.2 Å². The van der Waals surface area contributed by atoms with Crippen molar-refractivity contribution in [2.45, 2.75) is 27.0 Å². The fraction of sp³-hybridized carbons (Fsp3) is 0.400. The number of methoxy groups -OCH3 is 1. The van der Waals surface area contributed by atoms with Crippen LogP contribution in [0.25, 0.3) is 0 Å². The fourth-order valence-corrected chi connectivity index (χ4v) is 2.43. The molecular weight excluding hydrogens is 272 g/mol. The largest absolute Gasteiger partial charge is 0.497 e. The van der Waals surface area contributed by atoms with Gasteiger partial charge < -0.3 is 14.8 Å². The molecule has 2 rings (SSSR count). The topological polar surface area (TPSA) is 43.4 Å². The molecule has 20 heavy (non-hydrogen) atoms. The number of aromatic nitrogens is 1. The number of thiazole rings is 1. The summed E-state index contributed by atoms with van der Waals surface area (Å²) in [5.41, 5.74) is 2.09. The van der Waals surface area contributed by atoms with Crippen molar-refractivity contribution in [1.82, 2.24) is 10.3 Å². The van der Waals surface area contributed by atoms with E-state index in [0.717, 1.165) is 40.9 Å². The average molecular weight is 292 g/mol. The van der Waals surface area contributed by atoms with Crippen LogP contribution >= 0.6 is 11.3 Å². The summed E-state index contributed by atoms with van der Waals surface area (Å²) in [6.45, 7) is 6.28. The number of nitrogens with zero attached hydrogens (tertiary/aromatic N) is 1. The van der Waals surface area contributed by atoms with Crippen LogP contribution in [0.3, 0.4) is 0 Å². The van der Waals surface area contributed by atoms with E-state index in [1.807, 2.05) is 30.5 Å². The lowest BCUT2D eigenvalue weighted by molar-refractivity contribution is 0.295. The van der Waals surface area contributed by atoms with Crippen molar-refractivity contribution in [3.05, 3.63) is 39.8 Å². The molecule has 0 aliphatic carbocycles. The Labute approximate surface area is 123 Å². The summed E-state index contributed by atoms with van der Waals surface area (Å²) in [5, 5.41) is 6.40. The zero-order chi connectivity index (χ0) is 14.4. The predicted octanol–water partition coefficient (Wildman–Crippen LogP) is 3.15. The molecule has 0 saturated carbocycles. The van der Waals surface area contributed by atoms with Crippen molar-refractivity contribution in [3.8, 4) is 11.5 Å². The van der Waals surface area contributed by atoms with Crippen LogP contribution in [0.15, 0.2) is 23.6 Å². The minimum Gasteiger partial charge on any atom is -0.497 e. The van der Waals surface area contributed by atoms with Gasteiger partial charge in [-0.15, -0.1) is 11.3 Å². The molecule has 0 fully saturated rings. The quantitative estimate of drug-likeness (QED) is 0.851. The van der Waals surface area contributed by atoms with Gasteiger partial charge >= 0.3 is 0 Å². The van der Waals surface area contributed by atoms with Crippen LogP contribution in [0.5, 0.6) is 11.5 Å². The molecule has 108 valence electrons. The Hall–Kier alpha value is -1.59. The molecule has 1 aromatic heterocycles. The van der Waals surface area contributed by atoms with Gasteiger partial charge in [0.2, 0.25) is 0 Å². The van der Waals surface area contributed by atoms with E-state index in [2.05, 4.69) is 17.2 Å². The minimum atomic E-state index is 0.483. The zero-order valence-corrected chi connectivity index (χ0v) is 12.9. The van der Waals surface area contributed by atoms with Gasteiger partial charge in [-0.05, 0) is 19.5 Å². The number of ether oxygens (including phenoxy) is 2. The molecule has 0 atom stereocenters. The Morgan fingerprint density at radius 2 is 2.20 bits per heavy atom. The first-order valence-corrected chi connectivity index (χ1v) is 7.52. The molecule has 0 unspecified atom stereocenters. The van der Waals surface area contributed by atoms with Crippen LogP contribution in [-0.2, 0) is 13.2 Å². The van der Waals surface area contributed by atoms with Gasteiger partial charge in [0.25, 0.3) is 0 Å². The van der Waals surface area contributed by atoms with Crippen LogP contribution in [-0.4, -0.2) is 18.6 Å². The van der Waals surface area contributed by atoms with E-state index >= 15 is 0 Å². The van der Waals surface area contributed by atoms with Gasteiger partial charge in [-0.25, -0.2) is 4.98 Å². The van der Waals surface area contributed by atoms with Crippen molar-refractivity contribution in [3.63, 3.8) is 0 Å². The van der Waals surface area contributed by atoms with Gasteiger partial charge in [0.05, 0.1) is 17.8 Å². The Balaban J connectivity index is 2.10. The molecule has 0 spiro atoms. The highest BCUT2D eigenvalue weighted by Crippen LogP contribution is 2.26. The predicted molar refractivity (Wildman–Crippen MR) is 81.6 cm³/mol. The Morgan fingerprint density at radius 1 is 1.35 bits per heavy atom. The molecule has 4 nitrogen and oxygen atoms in total. The number of benzene rings is 1. The first-order valence-electron chi connectivity index (χ1n) is 6.64. The summed E-state index contributed by atoms with van der Waals surface area (Å²) in [7, 11) is 1.66. The SMILES string of the molecule is CCNCc1ccc(OC)cc1OCc1csc(C)n1. The number of hydrogen-bond acceptors (Lipinski definition) is 5. The van der Waals surface area contributed by atoms with Crippen molar-refractivity contribution >= 4 is 11.3 Å². The van der Waals surface area contributed by atoms with E-state index in [-0.39, 0.29) is 0 Å². The highest BCUT2D eigenvalue weighted by Gasteiger charge is 2.07. The van der Waals surface area contributed by atoms with Gasteiger partial charge in [0.15, 0.2) is 0 Å². The van der Waals surface area contributed by atoms with E-state index in [1.165, 1.54) is 0 Å². The second kappa shape index (κ2) is 7.26. The highest BCUT2D eigenvalue weighted by atomic mass is 32.1. The van der Waals surface area contributed by atoms with Crippen molar-refractivity contribution in [1.29, 1.82) is 0 Å². The molecule has 0 aliphatic rings. The molecule has 0 saturated heterocycles. The Morgan fingerprint density at radius 3 is 2.85 bits per heavy atom. The lowest BCUT2D eigenvalue weighted by Gasteiger charge is -2.12. The van der Waals surface area contributed by atoms with E-state index in [4.69, 9.17) is 9.47 Å². The maximum absolute atomic E-state index is 5.90. The third-order valence-corrected chi connectivity index (χ3v) is 3.70. The molecule has 0 bridgehead atoms. The smallest absolute Gasteiger partial charge is 0.131 e. The van der Waals surface area contributed by atoms with Gasteiger partial charge in [-0.1, -0.05) is 13.0 Å². The number of hydrogen-bond donors (Lipinski definition) is 1. The van der Waals surface area contributed by atoms with Crippen LogP contribution < -0.4 is 14.8 Å². The van der Waals surface area contributed by atoms with E-state index < -0.39 is 0 Å². The average Bonchev–Trinajstić information content (AvgIpc) is 2.89. The van der Waals surface area contributed by atoms with Crippen molar-refractivity contribution < 1.29 is 9.47 Å². The zero-order valence-electron chi connectivity index (χ0n) is 12.1. The van der Waals surface area contributed by atoms with Gasteiger partial charge in [0.1, 0.15) is 18.1 Å². The lowest BCUT2D eigenvalue weighted by Crippen LogP contribution is -2.13. The second-order valence-corrected chi connectivity index (χ2v) is 5.46. The molecule has 5 heteroatoms. The van der Waals surface area contributed by atoms with Gasteiger partial charge in [-0.3, -0.25) is 0 Å². The summed E-state index contributed by atoms with van der Waals surface area (Å²) >= 11 is 1.64. The normalized spacial score (nSPS) is 10.6. The second-order valence-electron chi connectivity index (χ2n) is 4.40. The van der Waals surface area contributed by atoms with Crippen LogP contribution in [0, 0.1) is 6.92 Å². The fourth-order valence-electron chi connectivity index (χ4n) is 1.83. The summed E-state index contributed by atoms with van der Waals surface area (Å²) in [5.74, 6) is 1.64. The summed E-state index contributed by atoms with van der Waals surface area (Å²) in [6.07, 6.45) is 0. The minimum absolute atomic E-state index is 0.483. The van der Waals surface area contributed by atoms with E-state index in [0.29, 0.717) is 6.61 Å². The lowest BCUT2D eigenvalue weighted by atomic mass is 10.2. The molecule has 0 radical (unpaired) electrons. The van der Waals surface area contributed by atoms with Crippen LogP contribution in [0.2, 0.25) is 0 Å². The Bertz CT molecular complexity index is 555. The monoisotopic (exact) mass is 292 g/mol. The van der Waals surface area contributed by atoms with Gasteiger partial charge in [-0.2, -0.15) is 0 Å². The third-order valence-electron chi connectivity index (χ3n) is 2.88. The first kappa shape index (κ1) is 14.8. The van der Waals surface area contributed by atoms with Gasteiger partial charge in [0, 0.05) is 23.6 Å². The Kier molecular flexibility index (Phi) is 5.38. The molecule has 1 heterocycles. The highest BCUT2D eigenvalue weighted by molar-refractivity contribution is 7.09. The van der Waals surface area contributed by atoms with E-state index in [1.54, 1.807) is 18.4 Å². The molecule has 0 amide bonds. The molecular formula is C15H20N2O2S. The summed E-state index contributed by atoms with van der Waals surface area (Å²) in [4.78, 5) is 4.41. The third kappa shape index (κ3) is 3.95. The molecule has 2 aromatic rings. The maximum atomic E-state index is 5.90. The first-order chi connectivity index (χ1) is 9.72.